The number of carbonyl (C=O) groups is 1. The van der Waals surface area contributed by atoms with Crippen molar-refractivity contribution in [1.82, 2.24) is 15.2 Å². The van der Waals surface area contributed by atoms with E-state index in [0.29, 0.717) is 17.1 Å². The van der Waals surface area contributed by atoms with Crippen LogP contribution in [0.4, 0.5) is 5.13 Å². The van der Waals surface area contributed by atoms with Crippen LogP contribution in [-0.4, -0.2) is 55.1 Å². The molecule has 1 aromatic heterocycles. The minimum atomic E-state index is -0.0174. The highest BCUT2D eigenvalue weighted by Gasteiger charge is 2.20. The van der Waals surface area contributed by atoms with Crippen molar-refractivity contribution < 1.29 is 4.79 Å². The van der Waals surface area contributed by atoms with Gasteiger partial charge in [0, 0.05) is 44.8 Å². The van der Waals surface area contributed by atoms with E-state index >= 15 is 0 Å². The first kappa shape index (κ1) is 22.8. The van der Waals surface area contributed by atoms with Crippen molar-refractivity contribution in [2.75, 3.05) is 44.2 Å². The molecule has 5 nitrogen and oxygen atoms in total. The van der Waals surface area contributed by atoms with E-state index in [1.807, 2.05) is 54.6 Å². The van der Waals surface area contributed by atoms with Gasteiger partial charge in [-0.25, -0.2) is 4.98 Å². The molecule has 3 aromatic carbocycles. The number of piperazine rings is 1. The summed E-state index contributed by atoms with van der Waals surface area (Å²) in [5.41, 5.74) is 4.07. The molecule has 1 N–H and O–H groups in total. The van der Waals surface area contributed by atoms with Gasteiger partial charge in [-0.2, -0.15) is 0 Å². The van der Waals surface area contributed by atoms with Gasteiger partial charge in [0.1, 0.15) is 5.52 Å². The van der Waals surface area contributed by atoms with Gasteiger partial charge in [-0.05, 0) is 41.8 Å². The SMILES string of the molecule is O=C(NCCN1CCN(c2nc3c(Cl)cccc3s2)CC1)c1ccc(Cc2ccccc2)cc1. The number of nitrogens with one attached hydrogen (secondary N) is 1. The van der Waals surface area contributed by atoms with Crippen molar-refractivity contribution in [3.63, 3.8) is 0 Å². The lowest BCUT2D eigenvalue weighted by Crippen LogP contribution is -2.48. The van der Waals surface area contributed by atoms with Gasteiger partial charge in [-0.15, -0.1) is 0 Å². The molecule has 0 aliphatic carbocycles. The van der Waals surface area contributed by atoms with Crippen LogP contribution in [0.25, 0.3) is 10.2 Å². The molecule has 0 atom stereocenters. The van der Waals surface area contributed by atoms with Gasteiger partial charge in [0.2, 0.25) is 0 Å². The van der Waals surface area contributed by atoms with Crippen LogP contribution in [0.2, 0.25) is 5.02 Å². The second-order valence-electron chi connectivity index (χ2n) is 8.53. The maximum atomic E-state index is 12.6. The maximum Gasteiger partial charge on any atom is 0.251 e. The zero-order valence-corrected chi connectivity index (χ0v) is 20.5. The van der Waals surface area contributed by atoms with E-state index in [1.165, 1.54) is 11.1 Å². The fourth-order valence-corrected chi connectivity index (χ4v) is 5.55. The number of hydrogen-bond donors (Lipinski definition) is 1. The number of amides is 1. The molecule has 1 amide bonds. The Morgan fingerprint density at radius 1 is 0.912 bits per heavy atom. The van der Waals surface area contributed by atoms with Crippen LogP contribution in [-0.2, 0) is 6.42 Å². The van der Waals surface area contributed by atoms with Crippen LogP contribution in [0.1, 0.15) is 21.5 Å². The number of para-hydroxylation sites is 1. The van der Waals surface area contributed by atoms with E-state index in [9.17, 15) is 4.79 Å². The van der Waals surface area contributed by atoms with Crippen molar-refractivity contribution >= 4 is 44.2 Å². The summed E-state index contributed by atoms with van der Waals surface area (Å²) in [6.45, 7) is 5.24. The molecule has 1 fully saturated rings. The molecular weight excluding hydrogens is 464 g/mol. The van der Waals surface area contributed by atoms with Crippen LogP contribution in [0.15, 0.2) is 72.8 Å². The highest BCUT2D eigenvalue weighted by Crippen LogP contribution is 2.33. The summed E-state index contributed by atoms with van der Waals surface area (Å²) < 4.78 is 1.13. The number of rotatable bonds is 7. The van der Waals surface area contributed by atoms with E-state index in [0.717, 1.165) is 54.5 Å². The molecule has 4 aromatic rings. The summed E-state index contributed by atoms with van der Waals surface area (Å²) in [6, 6.07) is 24.2. The zero-order valence-electron chi connectivity index (χ0n) is 18.9. The number of anilines is 1. The van der Waals surface area contributed by atoms with Crippen LogP contribution in [0.5, 0.6) is 0 Å². The number of hydrogen-bond acceptors (Lipinski definition) is 5. The molecule has 7 heteroatoms. The van der Waals surface area contributed by atoms with Crippen molar-refractivity contribution in [3.8, 4) is 0 Å². The zero-order chi connectivity index (χ0) is 23.3. The summed E-state index contributed by atoms with van der Waals surface area (Å²) in [5.74, 6) is -0.0174. The molecule has 0 bridgehead atoms. The fraction of sp³-hybridized carbons (Fsp3) is 0.259. The molecule has 1 aliphatic rings. The Morgan fingerprint density at radius 2 is 1.65 bits per heavy atom. The fourth-order valence-electron chi connectivity index (χ4n) is 4.24. The Morgan fingerprint density at radius 3 is 2.38 bits per heavy atom. The lowest BCUT2D eigenvalue weighted by atomic mass is 10.0. The van der Waals surface area contributed by atoms with Gasteiger partial charge in [0.15, 0.2) is 5.13 Å². The van der Waals surface area contributed by atoms with E-state index in [-0.39, 0.29) is 5.91 Å². The van der Waals surface area contributed by atoms with Gasteiger partial charge in [-0.1, -0.05) is 71.5 Å². The Hall–Kier alpha value is -2.93. The van der Waals surface area contributed by atoms with Crippen LogP contribution in [0.3, 0.4) is 0 Å². The summed E-state index contributed by atoms with van der Waals surface area (Å²) in [5, 5.41) is 4.81. The topological polar surface area (TPSA) is 48.5 Å². The third kappa shape index (κ3) is 5.41. The first-order chi connectivity index (χ1) is 16.7. The van der Waals surface area contributed by atoms with Crippen molar-refractivity contribution in [3.05, 3.63) is 94.5 Å². The average molecular weight is 491 g/mol. The molecule has 1 aliphatic heterocycles. The molecule has 2 heterocycles. The number of halogens is 1. The van der Waals surface area contributed by atoms with E-state index in [4.69, 9.17) is 16.6 Å². The Balaban J connectivity index is 1.06. The minimum Gasteiger partial charge on any atom is -0.351 e. The second kappa shape index (κ2) is 10.6. The van der Waals surface area contributed by atoms with Crippen molar-refractivity contribution in [1.29, 1.82) is 0 Å². The van der Waals surface area contributed by atoms with Gasteiger partial charge in [0.05, 0.1) is 9.72 Å². The molecule has 5 rings (SSSR count). The predicted octanol–water partition coefficient (Wildman–Crippen LogP) is 5.09. The van der Waals surface area contributed by atoms with Gasteiger partial charge >= 0.3 is 0 Å². The van der Waals surface area contributed by atoms with E-state index in [2.05, 4.69) is 33.3 Å². The maximum absolute atomic E-state index is 12.6. The highest BCUT2D eigenvalue weighted by molar-refractivity contribution is 7.22. The third-order valence-electron chi connectivity index (χ3n) is 6.18. The Labute approximate surface area is 209 Å². The monoisotopic (exact) mass is 490 g/mol. The number of fused-ring (bicyclic) bond motifs is 1. The smallest absolute Gasteiger partial charge is 0.251 e. The van der Waals surface area contributed by atoms with E-state index < -0.39 is 0 Å². The predicted molar refractivity (Wildman–Crippen MR) is 141 cm³/mol. The highest BCUT2D eigenvalue weighted by atomic mass is 35.5. The van der Waals surface area contributed by atoms with Gasteiger partial charge in [0.25, 0.3) is 5.91 Å². The number of thiazole rings is 1. The summed E-state index contributed by atoms with van der Waals surface area (Å²) in [7, 11) is 0. The summed E-state index contributed by atoms with van der Waals surface area (Å²) >= 11 is 7.98. The lowest BCUT2D eigenvalue weighted by Gasteiger charge is -2.34. The lowest BCUT2D eigenvalue weighted by molar-refractivity contribution is 0.0948. The van der Waals surface area contributed by atoms with Crippen molar-refractivity contribution in [2.24, 2.45) is 0 Å². The third-order valence-corrected chi connectivity index (χ3v) is 7.57. The first-order valence-corrected chi connectivity index (χ1v) is 12.8. The standard InChI is InChI=1S/C27H27ClN4OS/c28-23-7-4-8-24-25(23)30-27(34-24)32-17-15-31(16-18-32)14-13-29-26(33)22-11-9-21(10-12-22)19-20-5-2-1-3-6-20/h1-12H,13-19H2,(H,29,33). The van der Waals surface area contributed by atoms with Crippen LogP contribution >= 0.6 is 22.9 Å². The summed E-state index contributed by atoms with van der Waals surface area (Å²) in [6.07, 6.45) is 0.874. The number of aromatic nitrogens is 1. The summed E-state index contributed by atoms with van der Waals surface area (Å²) in [4.78, 5) is 22.0. The Kier molecular flexibility index (Phi) is 7.09. The molecule has 0 unspecified atom stereocenters. The molecule has 0 radical (unpaired) electrons. The molecule has 1 saturated heterocycles. The number of nitrogens with zero attached hydrogens (tertiary/aromatic N) is 3. The average Bonchev–Trinajstić information content (AvgIpc) is 3.31. The minimum absolute atomic E-state index is 0.0174. The molecular formula is C27H27ClN4OS. The van der Waals surface area contributed by atoms with Gasteiger partial charge in [-0.3, -0.25) is 9.69 Å². The molecule has 174 valence electrons. The van der Waals surface area contributed by atoms with Crippen LogP contribution in [0, 0.1) is 0 Å². The number of benzene rings is 3. The normalized spacial score (nSPS) is 14.4. The van der Waals surface area contributed by atoms with Gasteiger partial charge < -0.3 is 10.2 Å². The Bertz CT molecular complexity index is 1250. The first-order valence-electron chi connectivity index (χ1n) is 11.6. The quantitative estimate of drug-likeness (QED) is 0.392. The molecule has 34 heavy (non-hydrogen) atoms. The largest absolute Gasteiger partial charge is 0.351 e. The second-order valence-corrected chi connectivity index (χ2v) is 9.94. The molecule has 0 spiro atoms. The van der Waals surface area contributed by atoms with E-state index in [1.54, 1.807) is 11.3 Å². The van der Waals surface area contributed by atoms with Crippen molar-refractivity contribution in [2.45, 2.75) is 6.42 Å². The molecule has 0 saturated carbocycles. The van der Waals surface area contributed by atoms with Crippen LogP contribution < -0.4 is 10.2 Å². The number of carbonyl (C=O) groups excluding carboxylic acids is 1.